The third-order valence-electron chi connectivity index (χ3n) is 2.77. The van der Waals surface area contributed by atoms with E-state index in [4.69, 9.17) is 0 Å². The van der Waals surface area contributed by atoms with Gasteiger partial charge in [-0.2, -0.15) is 0 Å². The van der Waals surface area contributed by atoms with Crippen molar-refractivity contribution in [3.05, 3.63) is 0 Å². The van der Waals surface area contributed by atoms with Gasteiger partial charge in [0.05, 0.1) is 6.10 Å². The fraction of sp³-hybridized carbons (Fsp3) is 0.909. The van der Waals surface area contributed by atoms with Crippen LogP contribution < -0.4 is 0 Å². The van der Waals surface area contributed by atoms with Crippen LogP contribution >= 0.6 is 0 Å². The number of aliphatic hydroxyl groups excluding tert-OH is 1. The Hall–Kier alpha value is -0.370. The predicted molar refractivity (Wildman–Crippen MR) is 54.6 cm³/mol. The highest BCUT2D eigenvalue weighted by atomic mass is 16.3. The summed E-state index contributed by atoms with van der Waals surface area (Å²) in [5.41, 5.74) is -0.576. The highest BCUT2D eigenvalue weighted by molar-refractivity contribution is 5.84. The van der Waals surface area contributed by atoms with Crippen molar-refractivity contribution in [1.82, 2.24) is 0 Å². The zero-order chi connectivity index (χ0) is 10.5. The van der Waals surface area contributed by atoms with Crippen molar-refractivity contribution in [3.8, 4) is 0 Å². The summed E-state index contributed by atoms with van der Waals surface area (Å²) in [6.45, 7) is 7.42. The number of rotatable bonds is 6. The third kappa shape index (κ3) is 3.90. The maximum absolute atomic E-state index is 11.6. The van der Waals surface area contributed by atoms with Gasteiger partial charge in [-0.1, -0.05) is 33.6 Å². The number of carbonyl (C=O) groups excluding carboxylic acids is 1. The van der Waals surface area contributed by atoms with Gasteiger partial charge >= 0.3 is 0 Å². The molecule has 0 saturated carbocycles. The molecule has 0 rings (SSSR count). The van der Waals surface area contributed by atoms with Gasteiger partial charge in [0, 0.05) is 11.8 Å². The fourth-order valence-electron chi connectivity index (χ4n) is 1.09. The molecule has 13 heavy (non-hydrogen) atoms. The molecule has 0 aromatic carbocycles. The van der Waals surface area contributed by atoms with Crippen LogP contribution in [0.25, 0.3) is 0 Å². The van der Waals surface area contributed by atoms with Crippen molar-refractivity contribution >= 4 is 5.78 Å². The Bertz CT molecular complexity index is 159. The minimum Gasteiger partial charge on any atom is -0.392 e. The SMILES string of the molecule is CCCCCC(=O)C(C)(C)C(C)O. The zero-order valence-electron chi connectivity index (χ0n) is 9.26. The van der Waals surface area contributed by atoms with Gasteiger partial charge in [-0.15, -0.1) is 0 Å². The third-order valence-corrected chi connectivity index (χ3v) is 2.77. The molecule has 1 N–H and O–H groups in total. The molecule has 2 heteroatoms. The van der Waals surface area contributed by atoms with E-state index in [1.165, 1.54) is 0 Å². The topological polar surface area (TPSA) is 37.3 Å². The first-order valence-corrected chi connectivity index (χ1v) is 5.14. The molecule has 2 nitrogen and oxygen atoms in total. The smallest absolute Gasteiger partial charge is 0.141 e. The number of aliphatic hydroxyl groups is 1. The average molecular weight is 186 g/mol. The lowest BCUT2D eigenvalue weighted by atomic mass is 9.81. The molecule has 78 valence electrons. The second-order valence-electron chi connectivity index (χ2n) is 4.28. The van der Waals surface area contributed by atoms with E-state index < -0.39 is 11.5 Å². The summed E-state index contributed by atoms with van der Waals surface area (Å²) >= 11 is 0. The molecule has 1 atom stereocenters. The minimum absolute atomic E-state index is 0.177. The predicted octanol–water partition coefficient (Wildman–Crippen LogP) is 2.54. The Kier molecular flexibility index (Phi) is 5.23. The van der Waals surface area contributed by atoms with Crippen LogP contribution in [0.1, 0.15) is 53.4 Å². The minimum atomic E-state index is -0.576. The largest absolute Gasteiger partial charge is 0.392 e. The summed E-state index contributed by atoms with van der Waals surface area (Å²) in [7, 11) is 0. The number of carbonyl (C=O) groups is 1. The van der Waals surface area contributed by atoms with E-state index in [9.17, 15) is 9.90 Å². The first-order chi connectivity index (χ1) is 5.92. The Morgan fingerprint density at radius 1 is 1.38 bits per heavy atom. The van der Waals surface area contributed by atoms with Crippen molar-refractivity contribution in [3.63, 3.8) is 0 Å². The fourth-order valence-corrected chi connectivity index (χ4v) is 1.09. The van der Waals surface area contributed by atoms with Gasteiger partial charge in [-0.05, 0) is 13.3 Å². The number of Topliss-reactive ketones (excluding diaryl/α,β-unsaturated/α-hetero) is 1. The summed E-state index contributed by atoms with van der Waals surface area (Å²) in [5, 5.41) is 9.39. The van der Waals surface area contributed by atoms with Crippen LogP contribution in [0.4, 0.5) is 0 Å². The molecule has 0 aliphatic rings. The molecule has 1 unspecified atom stereocenters. The van der Waals surface area contributed by atoms with E-state index in [-0.39, 0.29) is 5.78 Å². The Balaban J connectivity index is 3.95. The van der Waals surface area contributed by atoms with Gasteiger partial charge < -0.3 is 5.11 Å². The summed E-state index contributed by atoms with van der Waals surface area (Å²) in [4.78, 5) is 11.6. The molecule has 0 aromatic heterocycles. The van der Waals surface area contributed by atoms with Crippen LogP contribution in [0, 0.1) is 5.41 Å². The molecule has 0 aliphatic heterocycles. The van der Waals surface area contributed by atoms with Crippen molar-refractivity contribution in [2.75, 3.05) is 0 Å². The lowest BCUT2D eigenvalue weighted by molar-refractivity contribution is -0.132. The molecule has 0 heterocycles. The van der Waals surface area contributed by atoms with Gasteiger partial charge in [0.15, 0.2) is 0 Å². The molecule has 0 saturated heterocycles. The quantitative estimate of drug-likeness (QED) is 0.647. The van der Waals surface area contributed by atoms with Crippen LogP contribution in [-0.2, 0) is 4.79 Å². The van der Waals surface area contributed by atoms with E-state index in [0.29, 0.717) is 6.42 Å². The van der Waals surface area contributed by atoms with Crippen molar-refractivity contribution < 1.29 is 9.90 Å². The van der Waals surface area contributed by atoms with Crippen molar-refractivity contribution in [2.45, 2.75) is 59.5 Å². The summed E-state index contributed by atoms with van der Waals surface area (Å²) in [6.07, 6.45) is 3.22. The monoisotopic (exact) mass is 186 g/mol. The standard InChI is InChI=1S/C11H22O2/c1-5-6-7-8-10(13)11(3,4)9(2)12/h9,12H,5-8H2,1-4H3. The van der Waals surface area contributed by atoms with Gasteiger partial charge in [0.2, 0.25) is 0 Å². The maximum atomic E-state index is 11.6. The van der Waals surface area contributed by atoms with E-state index in [2.05, 4.69) is 6.92 Å². The van der Waals surface area contributed by atoms with Gasteiger partial charge in [-0.3, -0.25) is 4.79 Å². The highest BCUT2D eigenvalue weighted by Crippen LogP contribution is 2.24. The van der Waals surface area contributed by atoms with E-state index >= 15 is 0 Å². The highest BCUT2D eigenvalue weighted by Gasteiger charge is 2.31. The van der Waals surface area contributed by atoms with E-state index in [1.807, 2.05) is 13.8 Å². The molecule has 0 bridgehead atoms. The molecule has 0 radical (unpaired) electrons. The van der Waals surface area contributed by atoms with Gasteiger partial charge in [-0.25, -0.2) is 0 Å². The summed E-state index contributed by atoms with van der Waals surface area (Å²) in [5.74, 6) is 0.177. The number of hydrogen-bond donors (Lipinski definition) is 1. The molecular weight excluding hydrogens is 164 g/mol. The molecule has 0 spiro atoms. The van der Waals surface area contributed by atoms with Crippen molar-refractivity contribution in [2.24, 2.45) is 5.41 Å². The van der Waals surface area contributed by atoms with Crippen LogP contribution in [0.3, 0.4) is 0 Å². The Labute approximate surface area is 81.3 Å². The Morgan fingerprint density at radius 2 is 1.92 bits per heavy atom. The molecule has 0 aliphatic carbocycles. The lowest BCUT2D eigenvalue weighted by Gasteiger charge is -2.26. The number of unbranched alkanes of at least 4 members (excludes halogenated alkanes) is 2. The molecule has 0 amide bonds. The zero-order valence-corrected chi connectivity index (χ0v) is 9.26. The van der Waals surface area contributed by atoms with E-state index in [1.54, 1.807) is 6.92 Å². The second kappa shape index (κ2) is 5.38. The first kappa shape index (κ1) is 12.6. The summed E-state index contributed by atoms with van der Waals surface area (Å²) < 4.78 is 0. The maximum Gasteiger partial charge on any atom is 0.141 e. The molecule has 0 fully saturated rings. The second-order valence-corrected chi connectivity index (χ2v) is 4.28. The Morgan fingerprint density at radius 3 is 2.31 bits per heavy atom. The van der Waals surface area contributed by atoms with Gasteiger partial charge in [0.25, 0.3) is 0 Å². The normalized spacial score (nSPS) is 14.2. The van der Waals surface area contributed by atoms with Crippen LogP contribution in [0.2, 0.25) is 0 Å². The van der Waals surface area contributed by atoms with Crippen molar-refractivity contribution in [1.29, 1.82) is 0 Å². The average Bonchev–Trinajstić information content (AvgIpc) is 2.04. The first-order valence-electron chi connectivity index (χ1n) is 5.14. The van der Waals surface area contributed by atoms with E-state index in [0.717, 1.165) is 19.3 Å². The molecule has 0 aromatic rings. The van der Waals surface area contributed by atoms with Crippen LogP contribution in [0.15, 0.2) is 0 Å². The van der Waals surface area contributed by atoms with Gasteiger partial charge in [0.1, 0.15) is 5.78 Å². The lowest BCUT2D eigenvalue weighted by Crippen LogP contribution is -2.35. The van der Waals surface area contributed by atoms with Crippen LogP contribution in [-0.4, -0.2) is 17.0 Å². The van der Waals surface area contributed by atoms with Crippen LogP contribution in [0.5, 0.6) is 0 Å². The number of ketones is 1. The number of hydrogen-bond acceptors (Lipinski definition) is 2. The summed E-state index contributed by atoms with van der Waals surface area (Å²) in [6, 6.07) is 0. The molecular formula is C11H22O2.